The number of aryl methyl sites for hydroxylation is 1. The Kier molecular flexibility index (Phi) is 4.97. The molecule has 0 aromatic heterocycles. The first kappa shape index (κ1) is 17.0. The van der Waals surface area contributed by atoms with Gasteiger partial charge in [-0.15, -0.1) is 0 Å². The lowest BCUT2D eigenvalue weighted by Gasteiger charge is -2.34. The number of anilines is 1. The van der Waals surface area contributed by atoms with Gasteiger partial charge in [0.1, 0.15) is 5.82 Å². The predicted octanol–water partition coefficient (Wildman–Crippen LogP) is 3.12. The minimum Gasteiger partial charge on any atom is -0.335 e. The van der Waals surface area contributed by atoms with Crippen LogP contribution in [0.4, 0.5) is 14.9 Å². The van der Waals surface area contributed by atoms with Gasteiger partial charge in [0.15, 0.2) is 0 Å². The summed E-state index contributed by atoms with van der Waals surface area (Å²) in [4.78, 5) is 28.2. The molecule has 0 spiro atoms. The summed E-state index contributed by atoms with van der Waals surface area (Å²) < 4.78 is 13.3. The van der Waals surface area contributed by atoms with E-state index in [2.05, 4.69) is 5.32 Å². The number of halogens is 1. The average Bonchev–Trinajstić information content (AvgIpc) is 2.64. The summed E-state index contributed by atoms with van der Waals surface area (Å²) in [5, 5.41) is 2.84. The van der Waals surface area contributed by atoms with Crippen LogP contribution in [0.25, 0.3) is 0 Å². The van der Waals surface area contributed by atoms with Gasteiger partial charge in [-0.25, -0.2) is 9.18 Å². The molecular formula is C19H20FN3O2. The summed E-state index contributed by atoms with van der Waals surface area (Å²) in [6.07, 6.45) is 0. The minimum absolute atomic E-state index is 0.133. The highest BCUT2D eigenvalue weighted by Crippen LogP contribution is 2.14. The fraction of sp³-hybridized carbons (Fsp3) is 0.263. The number of carbonyl (C=O) groups excluding carboxylic acids is 2. The monoisotopic (exact) mass is 341 g/mol. The molecular weight excluding hydrogens is 321 g/mol. The summed E-state index contributed by atoms with van der Waals surface area (Å²) in [5.41, 5.74) is 1.67. The number of rotatable bonds is 2. The van der Waals surface area contributed by atoms with Gasteiger partial charge in [0.25, 0.3) is 5.91 Å². The topological polar surface area (TPSA) is 52.7 Å². The van der Waals surface area contributed by atoms with E-state index >= 15 is 0 Å². The van der Waals surface area contributed by atoms with Crippen molar-refractivity contribution in [3.63, 3.8) is 0 Å². The van der Waals surface area contributed by atoms with Crippen molar-refractivity contribution in [3.05, 3.63) is 65.5 Å². The molecule has 6 heteroatoms. The fourth-order valence-corrected chi connectivity index (χ4v) is 2.80. The molecule has 0 atom stereocenters. The number of piperazine rings is 1. The van der Waals surface area contributed by atoms with Crippen molar-refractivity contribution in [1.82, 2.24) is 9.80 Å². The molecule has 1 aliphatic heterocycles. The van der Waals surface area contributed by atoms with Crippen LogP contribution in [-0.4, -0.2) is 47.9 Å². The van der Waals surface area contributed by atoms with Crippen molar-refractivity contribution in [2.45, 2.75) is 6.92 Å². The molecule has 0 unspecified atom stereocenters. The van der Waals surface area contributed by atoms with Gasteiger partial charge in [0, 0.05) is 37.4 Å². The van der Waals surface area contributed by atoms with Gasteiger partial charge in [0.2, 0.25) is 0 Å². The first-order valence-electron chi connectivity index (χ1n) is 8.21. The van der Waals surface area contributed by atoms with Crippen molar-refractivity contribution in [2.24, 2.45) is 0 Å². The lowest BCUT2D eigenvalue weighted by Crippen LogP contribution is -2.51. The van der Waals surface area contributed by atoms with E-state index in [0.717, 1.165) is 5.69 Å². The predicted molar refractivity (Wildman–Crippen MR) is 94.1 cm³/mol. The summed E-state index contributed by atoms with van der Waals surface area (Å²) >= 11 is 0. The van der Waals surface area contributed by atoms with Gasteiger partial charge in [-0.05, 0) is 42.8 Å². The zero-order chi connectivity index (χ0) is 17.8. The number of hydrogen-bond acceptors (Lipinski definition) is 2. The van der Waals surface area contributed by atoms with E-state index < -0.39 is 0 Å². The molecule has 2 aromatic carbocycles. The van der Waals surface area contributed by atoms with Gasteiger partial charge in [-0.3, -0.25) is 4.79 Å². The molecule has 1 aliphatic rings. The van der Waals surface area contributed by atoms with E-state index in [0.29, 0.717) is 37.3 Å². The minimum atomic E-state index is -0.320. The molecule has 2 aromatic rings. The maximum absolute atomic E-state index is 13.3. The van der Waals surface area contributed by atoms with Crippen LogP contribution in [0.5, 0.6) is 0 Å². The van der Waals surface area contributed by atoms with Crippen LogP contribution in [0.1, 0.15) is 15.9 Å². The van der Waals surface area contributed by atoms with E-state index in [4.69, 9.17) is 0 Å². The SMILES string of the molecule is Cc1cc(C(=O)N2CCN(C(=O)Nc3ccccc3)CC2)ccc1F. The number of urea groups is 1. The molecule has 0 saturated carbocycles. The molecule has 5 nitrogen and oxygen atoms in total. The van der Waals surface area contributed by atoms with E-state index in [1.54, 1.807) is 22.8 Å². The Hall–Kier alpha value is -2.89. The third-order valence-electron chi connectivity index (χ3n) is 4.28. The lowest BCUT2D eigenvalue weighted by molar-refractivity contribution is 0.0671. The van der Waals surface area contributed by atoms with E-state index in [-0.39, 0.29) is 17.8 Å². The average molecular weight is 341 g/mol. The highest BCUT2D eigenvalue weighted by atomic mass is 19.1. The van der Waals surface area contributed by atoms with Crippen LogP contribution >= 0.6 is 0 Å². The van der Waals surface area contributed by atoms with Crippen LogP contribution in [0.2, 0.25) is 0 Å². The smallest absolute Gasteiger partial charge is 0.321 e. The van der Waals surface area contributed by atoms with Crippen molar-refractivity contribution >= 4 is 17.6 Å². The lowest BCUT2D eigenvalue weighted by atomic mass is 10.1. The van der Waals surface area contributed by atoms with Crippen molar-refractivity contribution in [1.29, 1.82) is 0 Å². The molecule has 1 heterocycles. The maximum Gasteiger partial charge on any atom is 0.321 e. The molecule has 130 valence electrons. The van der Waals surface area contributed by atoms with E-state index in [1.807, 2.05) is 30.3 Å². The number of nitrogens with one attached hydrogen (secondary N) is 1. The third kappa shape index (κ3) is 3.96. The number of hydrogen-bond donors (Lipinski definition) is 1. The first-order chi connectivity index (χ1) is 12.0. The summed E-state index contributed by atoms with van der Waals surface area (Å²) in [7, 11) is 0. The standard InChI is InChI=1S/C19H20FN3O2/c1-14-13-15(7-8-17(14)20)18(24)22-9-11-23(12-10-22)19(25)21-16-5-3-2-4-6-16/h2-8,13H,9-12H2,1H3,(H,21,25). The van der Waals surface area contributed by atoms with Crippen LogP contribution in [0, 0.1) is 12.7 Å². The first-order valence-corrected chi connectivity index (χ1v) is 8.21. The Bertz CT molecular complexity index is 771. The summed E-state index contributed by atoms with van der Waals surface area (Å²) in [5.74, 6) is -0.454. The molecule has 0 aliphatic carbocycles. The van der Waals surface area contributed by atoms with Gasteiger partial charge in [-0.1, -0.05) is 18.2 Å². The summed E-state index contributed by atoms with van der Waals surface area (Å²) in [6, 6.07) is 13.5. The Morgan fingerprint density at radius 1 is 0.960 bits per heavy atom. The number of amides is 3. The molecule has 3 rings (SSSR count). The molecule has 1 N–H and O–H groups in total. The fourth-order valence-electron chi connectivity index (χ4n) is 2.80. The second-order valence-corrected chi connectivity index (χ2v) is 6.04. The number of nitrogens with zero attached hydrogens (tertiary/aromatic N) is 2. The Labute approximate surface area is 146 Å². The van der Waals surface area contributed by atoms with Gasteiger partial charge >= 0.3 is 6.03 Å². The Morgan fingerprint density at radius 3 is 2.24 bits per heavy atom. The zero-order valence-corrected chi connectivity index (χ0v) is 14.0. The van der Waals surface area contributed by atoms with Crippen molar-refractivity contribution < 1.29 is 14.0 Å². The molecule has 3 amide bonds. The van der Waals surface area contributed by atoms with E-state index in [9.17, 15) is 14.0 Å². The maximum atomic E-state index is 13.3. The quantitative estimate of drug-likeness (QED) is 0.912. The van der Waals surface area contributed by atoms with Gasteiger partial charge in [0.05, 0.1) is 0 Å². The summed E-state index contributed by atoms with van der Waals surface area (Å²) in [6.45, 7) is 3.47. The molecule has 1 fully saturated rings. The molecule has 25 heavy (non-hydrogen) atoms. The van der Waals surface area contributed by atoms with Crippen LogP contribution in [-0.2, 0) is 0 Å². The normalized spacial score (nSPS) is 14.3. The Morgan fingerprint density at radius 2 is 1.60 bits per heavy atom. The van der Waals surface area contributed by atoms with Crippen LogP contribution in [0.15, 0.2) is 48.5 Å². The Balaban J connectivity index is 1.57. The number of para-hydroxylation sites is 1. The van der Waals surface area contributed by atoms with Crippen molar-refractivity contribution in [3.8, 4) is 0 Å². The van der Waals surface area contributed by atoms with Gasteiger partial charge < -0.3 is 15.1 Å². The highest BCUT2D eigenvalue weighted by molar-refractivity contribution is 5.95. The molecule has 0 radical (unpaired) electrons. The zero-order valence-electron chi connectivity index (χ0n) is 14.0. The molecule has 0 bridgehead atoms. The van der Waals surface area contributed by atoms with Crippen LogP contribution < -0.4 is 5.32 Å². The van der Waals surface area contributed by atoms with Crippen LogP contribution in [0.3, 0.4) is 0 Å². The second kappa shape index (κ2) is 7.34. The third-order valence-corrected chi connectivity index (χ3v) is 4.28. The van der Waals surface area contributed by atoms with E-state index in [1.165, 1.54) is 12.1 Å². The number of benzene rings is 2. The van der Waals surface area contributed by atoms with Crippen molar-refractivity contribution in [2.75, 3.05) is 31.5 Å². The van der Waals surface area contributed by atoms with Gasteiger partial charge in [-0.2, -0.15) is 0 Å². The largest absolute Gasteiger partial charge is 0.335 e. The highest BCUT2D eigenvalue weighted by Gasteiger charge is 2.25. The second-order valence-electron chi connectivity index (χ2n) is 6.04. The number of carbonyl (C=O) groups is 2. The molecule has 1 saturated heterocycles.